The molecule has 0 spiro atoms. The van der Waals surface area contributed by atoms with Crippen LogP contribution in [-0.4, -0.2) is 15.2 Å². The zero-order valence-electron chi connectivity index (χ0n) is 8.29. The van der Waals surface area contributed by atoms with Crippen LogP contribution in [0.5, 0.6) is 0 Å². The number of aromatic nitrogens is 3. The van der Waals surface area contributed by atoms with Crippen molar-refractivity contribution in [2.45, 2.75) is 0 Å². The number of aromatic amines is 2. The van der Waals surface area contributed by atoms with Crippen molar-refractivity contribution in [1.29, 1.82) is 0 Å². The summed E-state index contributed by atoms with van der Waals surface area (Å²) in [4.78, 5) is 3.24. The first-order chi connectivity index (χ1) is 7.74. The predicted molar refractivity (Wildman–Crippen MR) is 65.3 cm³/mol. The first kappa shape index (κ1) is 9.30. The maximum absolute atomic E-state index is 5.92. The average molecular weight is 233 g/mol. The van der Waals surface area contributed by atoms with E-state index < -0.39 is 0 Å². The highest BCUT2D eigenvalue weighted by atomic mass is 35.5. The minimum absolute atomic E-state index is 0.623. The van der Waals surface area contributed by atoms with Gasteiger partial charge in [-0.3, -0.25) is 5.10 Å². The Morgan fingerprint density at radius 1 is 1.25 bits per heavy atom. The lowest BCUT2D eigenvalue weighted by atomic mass is 10.2. The second-order valence-electron chi connectivity index (χ2n) is 3.61. The Bertz CT molecular complexity index is 653. The van der Waals surface area contributed by atoms with Crippen molar-refractivity contribution in [3.8, 4) is 11.4 Å². The summed E-state index contributed by atoms with van der Waals surface area (Å²) < 4.78 is 0. The SMILES string of the molecule is Nc1cn[nH]c1-c1cc2ccc(Cl)cc2[nH]1. The Labute approximate surface area is 96.4 Å². The lowest BCUT2D eigenvalue weighted by molar-refractivity contribution is 1.09. The quantitative estimate of drug-likeness (QED) is 0.604. The van der Waals surface area contributed by atoms with Gasteiger partial charge in [0.1, 0.15) is 5.69 Å². The molecule has 0 amide bonds. The van der Waals surface area contributed by atoms with E-state index in [9.17, 15) is 0 Å². The van der Waals surface area contributed by atoms with Crippen LogP contribution in [0, 0.1) is 0 Å². The molecule has 4 N–H and O–H groups in total. The number of hydrogen-bond donors (Lipinski definition) is 3. The first-order valence-corrected chi connectivity index (χ1v) is 5.19. The van der Waals surface area contributed by atoms with Crippen LogP contribution in [0.3, 0.4) is 0 Å². The summed E-state index contributed by atoms with van der Waals surface area (Å²) in [6, 6.07) is 7.71. The summed E-state index contributed by atoms with van der Waals surface area (Å²) >= 11 is 5.92. The molecule has 2 heterocycles. The number of nitrogens with one attached hydrogen (secondary N) is 2. The van der Waals surface area contributed by atoms with Crippen LogP contribution in [0.15, 0.2) is 30.5 Å². The zero-order chi connectivity index (χ0) is 11.1. The highest BCUT2D eigenvalue weighted by Crippen LogP contribution is 2.27. The van der Waals surface area contributed by atoms with E-state index in [1.54, 1.807) is 6.20 Å². The topological polar surface area (TPSA) is 70.5 Å². The van der Waals surface area contributed by atoms with Gasteiger partial charge in [-0.15, -0.1) is 0 Å². The van der Waals surface area contributed by atoms with E-state index in [2.05, 4.69) is 15.2 Å². The van der Waals surface area contributed by atoms with Crippen molar-refractivity contribution in [2.24, 2.45) is 0 Å². The number of H-pyrrole nitrogens is 2. The van der Waals surface area contributed by atoms with Crippen molar-refractivity contribution in [2.75, 3.05) is 5.73 Å². The molecule has 0 aliphatic rings. The van der Waals surface area contributed by atoms with Crippen LogP contribution in [0.4, 0.5) is 5.69 Å². The number of hydrogen-bond acceptors (Lipinski definition) is 2. The molecule has 4 nitrogen and oxygen atoms in total. The van der Waals surface area contributed by atoms with Gasteiger partial charge in [0, 0.05) is 15.9 Å². The second-order valence-corrected chi connectivity index (χ2v) is 4.05. The van der Waals surface area contributed by atoms with Gasteiger partial charge in [-0.05, 0) is 18.2 Å². The van der Waals surface area contributed by atoms with E-state index in [-0.39, 0.29) is 0 Å². The van der Waals surface area contributed by atoms with Gasteiger partial charge in [0.05, 0.1) is 17.6 Å². The predicted octanol–water partition coefficient (Wildman–Crippen LogP) is 2.79. The fraction of sp³-hybridized carbons (Fsp3) is 0. The van der Waals surface area contributed by atoms with E-state index in [4.69, 9.17) is 17.3 Å². The molecule has 3 rings (SSSR count). The highest BCUT2D eigenvalue weighted by molar-refractivity contribution is 6.31. The van der Waals surface area contributed by atoms with Gasteiger partial charge in [-0.25, -0.2) is 0 Å². The lowest BCUT2D eigenvalue weighted by Crippen LogP contribution is -1.85. The van der Waals surface area contributed by atoms with E-state index in [0.717, 1.165) is 22.3 Å². The smallest absolute Gasteiger partial charge is 0.104 e. The third-order valence-corrected chi connectivity index (χ3v) is 2.76. The van der Waals surface area contributed by atoms with Crippen molar-refractivity contribution in [1.82, 2.24) is 15.2 Å². The number of fused-ring (bicyclic) bond motifs is 1. The number of rotatable bonds is 1. The summed E-state index contributed by atoms with van der Waals surface area (Å²) in [7, 11) is 0. The fourth-order valence-corrected chi connectivity index (χ4v) is 1.92. The Kier molecular flexibility index (Phi) is 1.91. The Hall–Kier alpha value is -1.94. The minimum atomic E-state index is 0.623. The Morgan fingerprint density at radius 2 is 2.12 bits per heavy atom. The average Bonchev–Trinajstić information content (AvgIpc) is 2.82. The van der Waals surface area contributed by atoms with Gasteiger partial charge >= 0.3 is 0 Å². The Balaban J connectivity index is 2.23. The normalized spacial score (nSPS) is 11.1. The number of nitrogen functional groups attached to an aromatic ring is 1. The largest absolute Gasteiger partial charge is 0.396 e. The molecule has 0 radical (unpaired) electrons. The number of benzene rings is 1. The number of halogens is 1. The third-order valence-electron chi connectivity index (χ3n) is 2.52. The molecule has 0 saturated heterocycles. The number of nitrogens with two attached hydrogens (primary N) is 1. The summed E-state index contributed by atoms with van der Waals surface area (Å²) in [5.74, 6) is 0. The molecule has 0 atom stereocenters. The van der Waals surface area contributed by atoms with Crippen LogP contribution in [0.25, 0.3) is 22.3 Å². The number of nitrogens with zero attached hydrogens (tertiary/aromatic N) is 1. The van der Waals surface area contributed by atoms with Crippen LogP contribution in [0.2, 0.25) is 5.02 Å². The first-order valence-electron chi connectivity index (χ1n) is 4.81. The van der Waals surface area contributed by atoms with Gasteiger partial charge < -0.3 is 10.7 Å². The molecule has 0 saturated carbocycles. The molecule has 80 valence electrons. The van der Waals surface area contributed by atoms with Gasteiger partial charge in [-0.1, -0.05) is 17.7 Å². The van der Waals surface area contributed by atoms with Crippen molar-refractivity contribution in [3.63, 3.8) is 0 Å². The summed E-state index contributed by atoms with van der Waals surface area (Å²) in [6.45, 7) is 0. The molecule has 1 aromatic carbocycles. The molecule has 2 aromatic heterocycles. The van der Waals surface area contributed by atoms with Gasteiger partial charge in [0.25, 0.3) is 0 Å². The van der Waals surface area contributed by atoms with Crippen LogP contribution < -0.4 is 5.73 Å². The van der Waals surface area contributed by atoms with Gasteiger partial charge in [0.15, 0.2) is 0 Å². The van der Waals surface area contributed by atoms with Crippen LogP contribution >= 0.6 is 11.6 Å². The van der Waals surface area contributed by atoms with Crippen molar-refractivity contribution in [3.05, 3.63) is 35.5 Å². The van der Waals surface area contributed by atoms with Crippen LogP contribution in [-0.2, 0) is 0 Å². The maximum Gasteiger partial charge on any atom is 0.104 e. The van der Waals surface area contributed by atoms with E-state index >= 15 is 0 Å². The van der Waals surface area contributed by atoms with Gasteiger partial charge in [-0.2, -0.15) is 5.10 Å². The van der Waals surface area contributed by atoms with Crippen LogP contribution in [0.1, 0.15) is 0 Å². The summed E-state index contributed by atoms with van der Waals surface area (Å²) in [6.07, 6.45) is 1.59. The third kappa shape index (κ3) is 1.35. The summed E-state index contributed by atoms with van der Waals surface area (Å²) in [5.41, 5.74) is 9.10. The zero-order valence-corrected chi connectivity index (χ0v) is 9.05. The molecule has 0 fully saturated rings. The monoisotopic (exact) mass is 232 g/mol. The molecule has 5 heteroatoms. The second kappa shape index (κ2) is 3.28. The molecule has 3 aromatic rings. The Morgan fingerprint density at radius 3 is 2.88 bits per heavy atom. The maximum atomic E-state index is 5.92. The lowest BCUT2D eigenvalue weighted by Gasteiger charge is -1.93. The standard InChI is InChI=1S/C11H9ClN4/c12-7-2-1-6-3-10(15-9(6)4-7)11-8(13)5-14-16-11/h1-5,15H,13H2,(H,14,16). The highest BCUT2D eigenvalue weighted by Gasteiger charge is 2.08. The summed E-state index contributed by atoms with van der Waals surface area (Å²) in [5, 5.41) is 8.55. The molecular formula is C11H9ClN4. The molecule has 0 aliphatic heterocycles. The molecule has 16 heavy (non-hydrogen) atoms. The van der Waals surface area contributed by atoms with E-state index in [0.29, 0.717) is 10.7 Å². The van der Waals surface area contributed by atoms with Crippen molar-refractivity contribution < 1.29 is 0 Å². The minimum Gasteiger partial charge on any atom is -0.396 e. The fourth-order valence-electron chi connectivity index (χ4n) is 1.75. The van der Waals surface area contributed by atoms with E-state index in [1.807, 2.05) is 24.3 Å². The number of anilines is 1. The van der Waals surface area contributed by atoms with Gasteiger partial charge in [0.2, 0.25) is 0 Å². The van der Waals surface area contributed by atoms with E-state index in [1.165, 1.54) is 0 Å². The molecule has 0 unspecified atom stereocenters. The molecular weight excluding hydrogens is 224 g/mol. The van der Waals surface area contributed by atoms with Crippen molar-refractivity contribution >= 4 is 28.2 Å². The molecule has 0 aliphatic carbocycles. The molecule has 0 bridgehead atoms.